The van der Waals surface area contributed by atoms with Crippen molar-refractivity contribution >= 4 is 17.5 Å². The van der Waals surface area contributed by atoms with Crippen LogP contribution in [0, 0.1) is 0 Å². The van der Waals surface area contributed by atoms with Gasteiger partial charge in [-0.15, -0.1) is 0 Å². The van der Waals surface area contributed by atoms with E-state index in [-0.39, 0.29) is 11.9 Å². The van der Waals surface area contributed by atoms with Gasteiger partial charge in [0.25, 0.3) is 0 Å². The zero-order valence-corrected chi connectivity index (χ0v) is 10.8. The molecule has 98 valence electrons. The molecule has 1 aliphatic heterocycles. The van der Waals surface area contributed by atoms with Gasteiger partial charge in [-0.3, -0.25) is 4.79 Å². The molecular weight excluding hydrogens is 230 g/mol. The molecule has 0 radical (unpaired) electrons. The van der Waals surface area contributed by atoms with Crippen molar-refractivity contribution in [1.29, 1.82) is 0 Å². The van der Waals surface area contributed by atoms with Gasteiger partial charge >= 0.3 is 0 Å². The third-order valence-corrected chi connectivity index (χ3v) is 3.37. The number of hydrogen-bond acceptors (Lipinski definition) is 5. The molecule has 1 saturated heterocycles. The summed E-state index contributed by atoms with van der Waals surface area (Å²) in [5, 5.41) is 3.06. The molecule has 6 heteroatoms. The number of nitrogens with zero attached hydrogens (tertiary/aromatic N) is 3. The van der Waals surface area contributed by atoms with Crippen molar-refractivity contribution in [2.24, 2.45) is 5.73 Å². The summed E-state index contributed by atoms with van der Waals surface area (Å²) in [4.78, 5) is 22.0. The fraction of sp³-hybridized carbons (Fsp3) is 0.583. The van der Waals surface area contributed by atoms with Gasteiger partial charge in [-0.1, -0.05) is 6.92 Å². The lowest BCUT2D eigenvalue weighted by atomic mass is 10.1. The van der Waals surface area contributed by atoms with Gasteiger partial charge in [-0.25, -0.2) is 9.97 Å². The van der Waals surface area contributed by atoms with E-state index in [1.54, 1.807) is 0 Å². The molecule has 0 bridgehead atoms. The highest BCUT2D eigenvalue weighted by atomic mass is 16.1. The van der Waals surface area contributed by atoms with Gasteiger partial charge in [0.1, 0.15) is 24.0 Å². The predicted molar refractivity (Wildman–Crippen MR) is 70.5 cm³/mol. The molecule has 18 heavy (non-hydrogen) atoms. The van der Waals surface area contributed by atoms with Crippen molar-refractivity contribution in [2.45, 2.75) is 32.2 Å². The Hall–Kier alpha value is -1.85. The van der Waals surface area contributed by atoms with E-state index < -0.39 is 0 Å². The van der Waals surface area contributed by atoms with Crippen LogP contribution in [-0.2, 0) is 11.2 Å². The average molecular weight is 249 g/mol. The van der Waals surface area contributed by atoms with Crippen molar-refractivity contribution in [1.82, 2.24) is 9.97 Å². The second-order valence-electron chi connectivity index (χ2n) is 4.38. The van der Waals surface area contributed by atoms with Crippen LogP contribution < -0.4 is 16.0 Å². The number of aromatic nitrogens is 2. The molecule has 2 rings (SSSR count). The van der Waals surface area contributed by atoms with Gasteiger partial charge in [0, 0.05) is 19.2 Å². The number of carbonyl (C=O) groups excluding carboxylic acids is 1. The lowest BCUT2D eigenvalue weighted by Crippen LogP contribution is -2.41. The van der Waals surface area contributed by atoms with Gasteiger partial charge in [-0.05, 0) is 19.3 Å². The Balaban J connectivity index is 2.41. The van der Waals surface area contributed by atoms with Crippen LogP contribution in [0.5, 0.6) is 0 Å². The van der Waals surface area contributed by atoms with Gasteiger partial charge < -0.3 is 16.0 Å². The Kier molecular flexibility index (Phi) is 3.64. The van der Waals surface area contributed by atoms with E-state index in [9.17, 15) is 4.79 Å². The minimum Gasteiger partial charge on any atom is -0.373 e. The summed E-state index contributed by atoms with van der Waals surface area (Å²) in [6, 6.07) is -0.241. The molecule has 0 saturated carbocycles. The smallest absolute Gasteiger partial charge is 0.240 e. The number of anilines is 2. The minimum absolute atomic E-state index is 0.241. The van der Waals surface area contributed by atoms with Crippen LogP contribution in [0.25, 0.3) is 0 Å². The molecule has 1 atom stereocenters. The third kappa shape index (κ3) is 2.10. The standard InChI is InChI=1S/C12H19N5O/c1-3-8-11(14-2)15-7-16-12(8)17-6-4-5-9(17)10(13)18/h7,9H,3-6H2,1-2H3,(H2,13,18)(H,14,15,16). The van der Waals surface area contributed by atoms with E-state index in [4.69, 9.17) is 5.73 Å². The van der Waals surface area contributed by atoms with Crippen LogP contribution in [0.3, 0.4) is 0 Å². The highest BCUT2D eigenvalue weighted by Gasteiger charge is 2.31. The summed E-state index contributed by atoms with van der Waals surface area (Å²) in [5.74, 6) is 1.37. The molecule has 1 aromatic heterocycles. The van der Waals surface area contributed by atoms with Gasteiger partial charge in [0.05, 0.1) is 0 Å². The average Bonchev–Trinajstić information content (AvgIpc) is 2.86. The minimum atomic E-state index is -0.279. The van der Waals surface area contributed by atoms with Crippen molar-refractivity contribution < 1.29 is 4.79 Å². The Morgan fingerprint density at radius 2 is 2.39 bits per heavy atom. The predicted octanol–water partition coefficient (Wildman–Crippen LogP) is 0.535. The van der Waals surface area contributed by atoms with Crippen molar-refractivity contribution in [3.8, 4) is 0 Å². The first-order valence-electron chi connectivity index (χ1n) is 6.26. The topological polar surface area (TPSA) is 84.1 Å². The summed E-state index contributed by atoms with van der Waals surface area (Å²) in [5.41, 5.74) is 6.48. The fourth-order valence-corrected chi connectivity index (χ4v) is 2.51. The quantitative estimate of drug-likeness (QED) is 0.813. The molecule has 0 aromatic carbocycles. The van der Waals surface area contributed by atoms with Crippen molar-refractivity contribution in [2.75, 3.05) is 23.8 Å². The Labute approximate surface area is 107 Å². The largest absolute Gasteiger partial charge is 0.373 e. The lowest BCUT2D eigenvalue weighted by molar-refractivity contribution is -0.119. The third-order valence-electron chi connectivity index (χ3n) is 3.37. The van der Waals surface area contributed by atoms with E-state index in [1.165, 1.54) is 6.33 Å². The van der Waals surface area contributed by atoms with E-state index in [2.05, 4.69) is 22.2 Å². The molecule has 0 aliphatic carbocycles. The molecule has 6 nitrogen and oxygen atoms in total. The first-order chi connectivity index (χ1) is 8.69. The molecule has 1 aromatic rings. The normalized spacial score (nSPS) is 19.0. The van der Waals surface area contributed by atoms with Gasteiger partial charge in [0.15, 0.2) is 0 Å². The maximum Gasteiger partial charge on any atom is 0.240 e. The monoisotopic (exact) mass is 249 g/mol. The molecule has 1 amide bonds. The maximum absolute atomic E-state index is 11.5. The number of nitrogens with two attached hydrogens (primary N) is 1. The lowest BCUT2D eigenvalue weighted by Gasteiger charge is -2.25. The Bertz CT molecular complexity index is 448. The summed E-state index contributed by atoms with van der Waals surface area (Å²) >= 11 is 0. The molecule has 0 spiro atoms. The maximum atomic E-state index is 11.5. The van der Waals surface area contributed by atoms with Gasteiger partial charge in [0.2, 0.25) is 5.91 Å². The Morgan fingerprint density at radius 1 is 1.61 bits per heavy atom. The SMILES string of the molecule is CCc1c(NC)ncnc1N1CCCC1C(N)=O. The second-order valence-corrected chi connectivity index (χ2v) is 4.38. The highest BCUT2D eigenvalue weighted by molar-refractivity contribution is 5.84. The number of amides is 1. The van der Waals surface area contributed by atoms with Crippen LogP contribution >= 0.6 is 0 Å². The molecular formula is C12H19N5O. The van der Waals surface area contributed by atoms with Crippen LogP contribution in [0.4, 0.5) is 11.6 Å². The summed E-state index contributed by atoms with van der Waals surface area (Å²) < 4.78 is 0. The molecule has 3 N–H and O–H groups in total. The fourth-order valence-electron chi connectivity index (χ4n) is 2.51. The molecule has 2 heterocycles. The zero-order chi connectivity index (χ0) is 13.1. The Morgan fingerprint density at radius 3 is 3.00 bits per heavy atom. The van der Waals surface area contributed by atoms with E-state index in [1.807, 2.05) is 11.9 Å². The number of hydrogen-bond donors (Lipinski definition) is 2. The van der Waals surface area contributed by atoms with Gasteiger partial charge in [-0.2, -0.15) is 0 Å². The second kappa shape index (κ2) is 5.20. The summed E-state index contributed by atoms with van der Waals surface area (Å²) in [6.45, 7) is 2.87. The first-order valence-corrected chi connectivity index (χ1v) is 6.26. The first kappa shape index (κ1) is 12.6. The van der Waals surface area contributed by atoms with Crippen LogP contribution in [-0.4, -0.2) is 35.5 Å². The van der Waals surface area contributed by atoms with Crippen molar-refractivity contribution in [3.63, 3.8) is 0 Å². The summed E-state index contributed by atoms with van der Waals surface area (Å²) in [7, 11) is 1.83. The van der Waals surface area contributed by atoms with Crippen molar-refractivity contribution in [3.05, 3.63) is 11.9 Å². The van der Waals surface area contributed by atoms with Crippen LogP contribution in [0.1, 0.15) is 25.3 Å². The highest BCUT2D eigenvalue weighted by Crippen LogP contribution is 2.29. The van der Waals surface area contributed by atoms with E-state index in [0.717, 1.165) is 43.0 Å². The summed E-state index contributed by atoms with van der Waals surface area (Å²) in [6.07, 6.45) is 4.11. The molecule has 1 aliphatic rings. The van der Waals surface area contributed by atoms with E-state index >= 15 is 0 Å². The van der Waals surface area contributed by atoms with Crippen LogP contribution in [0.2, 0.25) is 0 Å². The number of nitrogens with one attached hydrogen (secondary N) is 1. The number of primary amides is 1. The molecule has 1 unspecified atom stereocenters. The number of rotatable bonds is 4. The molecule has 1 fully saturated rings. The van der Waals surface area contributed by atoms with E-state index in [0.29, 0.717) is 0 Å². The van der Waals surface area contributed by atoms with Crippen LogP contribution in [0.15, 0.2) is 6.33 Å². The number of carbonyl (C=O) groups is 1. The zero-order valence-electron chi connectivity index (χ0n) is 10.8.